The van der Waals surface area contributed by atoms with Gasteiger partial charge in [-0.1, -0.05) is 17.7 Å². The van der Waals surface area contributed by atoms with Gasteiger partial charge in [0.15, 0.2) is 0 Å². The van der Waals surface area contributed by atoms with Gasteiger partial charge in [0.05, 0.1) is 5.02 Å². The Labute approximate surface area is 123 Å². The largest absolute Gasteiger partial charge is 0.455 e. The van der Waals surface area contributed by atoms with E-state index in [1.54, 1.807) is 26.0 Å². The summed E-state index contributed by atoms with van der Waals surface area (Å²) < 4.78 is 19.5. The number of aryl methyl sites for hydroxylation is 2. The summed E-state index contributed by atoms with van der Waals surface area (Å²) in [7, 11) is 0. The third-order valence-electron chi connectivity index (χ3n) is 3.09. The van der Waals surface area contributed by atoms with E-state index < -0.39 is 0 Å². The van der Waals surface area contributed by atoms with Crippen molar-refractivity contribution in [2.45, 2.75) is 26.8 Å². The number of halogens is 2. The molecule has 0 amide bonds. The number of nitrogens with two attached hydrogens (primary N) is 1. The zero-order valence-corrected chi connectivity index (χ0v) is 12.5. The van der Waals surface area contributed by atoms with Crippen molar-refractivity contribution in [2.75, 3.05) is 0 Å². The summed E-state index contributed by atoms with van der Waals surface area (Å²) in [5, 5.41) is 0.508. The molecule has 0 bridgehead atoms. The Bertz CT molecular complexity index is 641. The number of hydrogen-bond donors (Lipinski definition) is 1. The molecule has 2 rings (SSSR count). The number of benzene rings is 2. The van der Waals surface area contributed by atoms with Gasteiger partial charge >= 0.3 is 0 Å². The molecule has 2 aromatic carbocycles. The van der Waals surface area contributed by atoms with Gasteiger partial charge in [0.2, 0.25) is 0 Å². The maximum Gasteiger partial charge on any atom is 0.146 e. The Hall–Kier alpha value is -1.58. The maximum atomic E-state index is 13.7. The van der Waals surface area contributed by atoms with Crippen LogP contribution in [0.4, 0.5) is 4.39 Å². The van der Waals surface area contributed by atoms with Gasteiger partial charge in [-0.2, -0.15) is 0 Å². The standard InChI is InChI=1S/C16H17ClFNO/c1-9-4-5-13(17)16(6-9)20-15-7-10(2)14(18)8-12(15)11(3)19/h4-8,11H,19H2,1-3H3/t11-/m1/s1. The van der Waals surface area contributed by atoms with Crippen LogP contribution in [0, 0.1) is 19.7 Å². The van der Waals surface area contributed by atoms with Crippen LogP contribution in [-0.4, -0.2) is 0 Å². The zero-order valence-electron chi connectivity index (χ0n) is 11.7. The molecular formula is C16H17ClFNO. The van der Waals surface area contributed by atoms with Gasteiger partial charge in [-0.15, -0.1) is 0 Å². The van der Waals surface area contributed by atoms with Crippen LogP contribution in [0.3, 0.4) is 0 Å². The summed E-state index contributed by atoms with van der Waals surface area (Å²) in [5.41, 5.74) is 8.03. The highest BCUT2D eigenvalue weighted by Crippen LogP contribution is 2.35. The summed E-state index contributed by atoms with van der Waals surface area (Å²) >= 11 is 6.12. The van der Waals surface area contributed by atoms with Crippen LogP contribution < -0.4 is 10.5 Å². The number of rotatable bonds is 3. The summed E-state index contributed by atoms with van der Waals surface area (Å²) in [6, 6.07) is 8.24. The average Bonchev–Trinajstić information content (AvgIpc) is 2.37. The van der Waals surface area contributed by atoms with E-state index in [1.807, 2.05) is 19.1 Å². The molecule has 0 saturated carbocycles. The van der Waals surface area contributed by atoms with Crippen LogP contribution in [0.2, 0.25) is 5.02 Å². The molecule has 0 aliphatic carbocycles. The first-order valence-corrected chi connectivity index (χ1v) is 6.76. The molecule has 0 heterocycles. The lowest BCUT2D eigenvalue weighted by atomic mass is 10.0. The van der Waals surface area contributed by atoms with Gasteiger partial charge < -0.3 is 10.5 Å². The molecule has 0 aliphatic rings. The predicted octanol–water partition coefficient (Wildman–Crippen LogP) is 4.91. The smallest absolute Gasteiger partial charge is 0.146 e. The fourth-order valence-electron chi connectivity index (χ4n) is 1.92. The molecule has 0 saturated heterocycles. The quantitative estimate of drug-likeness (QED) is 0.873. The minimum atomic E-state index is -0.330. The first-order valence-electron chi connectivity index (χ1n) is 6.38. The van der Waals surface area contributed by atoms with E-state index in [0.29, 0.717) is 27.6 Å². The first-order chi connectivity index (χ1) is 9.38. The minimum Gasteiger partial charge on any atom is -0.455 e. The van der Waals surface area contributed by atoms with E-state index >= 15 is 0 Å². The van der Waals surface area contributed by atoms with E-state index in [2.05, 4.69) is 0 Å². The molecule has 0 fully saturated rings. The summed E-state index contributed by atoms with van der Waals surface area (Å²) in [5.74, 6) is 0.783. The lowest BCUT2D eigenvalue weighted by Gasteiger charge is -2.16. The Morgan fingerprint density at radius 1 is 1.15 bits per heavy atom. The van der Waals surface area contributed by atoms with E-state index in [-0.39, 0.29) is 11.9 Å². The fourth-order valence-corrected chi connectivity index (χ4v) is 2.08. The van der Waals surface area contributed by atoms with Crippen molar-refractivity contribution in [1.29, 1.82) is 0 Å². The van der Waals surface area contributed by atoms with Crippen molar-refractivity contribution in [1.82, 2.24) is 0 Å². The van der Waals surface area contributed by atoms with Gasteiger partial charge in [0, 0.05) is 11.6 Å². The van der Waals surface area contributed by atoms with E-state index in [1.165, 1.54) is 6.07 Å². The van der Waals surface area contributed by atoms with Gasteiger partial charge in [-0.25, -0.2) is 4.39 Å². The molecule has 106 valence electrons. The van der Waals surface area contributed by atoms with Gasteiger partial charge in [-0.3, -0.25) is 0 Å². The molecule has 0 aromatic heterocycles. The molecule has 0 radical (unpaired) electrons. The molecule has 4 heteroatoms. The van der Waals surface area contributed by atoms with Crippen LogP contribution in [0.25, 0.3) is 0 Å². The summed E-state index contributed by atoms with van der Waals surface area (Å²) in [6.07, 6.45) is 0. The number of hydrogen-bond acceptors (Lipinski definition) is 2. The summed E-state index contributed by atoms with van der Waals surface area (Å²) in [4.78, 5) is 0. The van der Waals surface area contributed by atoms with Crippen molar-refractivity contribution in [3.8, 4) is 11.5 Å². The Balaban J connectivity index is 2.47. The van der Waals surface area contributed by atoms with Gasteiger partial charge in [0.1, 0.15) is 17.3 Å². The van der Waals surface area contributed by atoms with Crippen LogP contribution in [0.15, 0.2) is 30.3 Å². The molecule has 0 spiro atoms. The van der Waals surface area contributed by atoms with E-state index in [4.69, 9.17) is 22.1 Å². The topological polar surface area (TPSA) is 35.2 Å². The highest BCUT2D eigenvalue weighted by Gasteiger charge is 2.14. The molecule has 20 heavy (non-hydrogen) atoms. The minimum absolute atomic E-state index is 0.292. The molecule has 2 nitrogen and oxygen atoms in total. The number of ether oxygens (including phenoxy) is 1. The normalized spacial score (nSPS) is 12.3. The third kappa shape index (κ3) is 3.11. The van der Waals surface area contributed by atoms with Gasteiger partial charge in [-0.05, 0) is 56.2 Å². The molecule has 0 aliphatic heterocycles. The Morgan fingerprint density at radius 2 is 1.85 bits per heavy atom. The van der Waals surface area contributed by atoms with Crippen LogP contribution in [0.1, 0.15) is 29.7 Å². The molecule has 0 unspecified atom stereocenters. The average molecular weight is 294 g/mol. The lowest BCUT2D eigenvalue weighted by Crippen LogP contribution is -2.08. The van der Waals surface area contributed by atoms with Gasteiger partial charge in [0.25, 0.3) is 0 Å². The van der Waals surface area contributed by atoms with Crippen molar-refractivity contribution in [2.24, 2.45) is 5.73 Å². The Morgan fingerprint density at radius 3 is 2.50 bits per heavy atom. The fraction of sp³-hybridized carbons (Fsp3) is 0.250. The molecule has 2 aromatic rings. The Kier molecular flexibility index (Phi) is 4.31. The monoisotopic (exact) mass is 293 g/mol. The summed E-state index contributed by atoms with van der Waals surface area (Å²) in [6.45, 7) is 5.42. The third-order valence-corrected chi connectivity index (χ3v) is 3.40. The molecule has 1 atom stereocenters. The van der Waals surface area contributed by atoms with Crippen molar-refractivity contribution >= 4 is 11.6 Å². The maximum absolute atomic E-state index is 13.7. The lowest BCUT2D eigenvalue weighted by molar-refractivity contribution is 0.468. The van der Waals surface area contributed by atoms with Crippen LogP contribution in [0.5, 0.6) is 11.5 Å². The van der Waals surface area contributed by atoms with E-state index in [9.17, 15) is 4.39 Å². The second-order valence-corrected chi connectivity index (χ2v) is 5.37. The second kappa shape index (κ2) is 5.81. The highest BCUT2D eigenvalue weighted by atomic mass is 35.5. The van der Waals surface area contributed by atoms with E-state index in [0.717, 1.165) is 5.56 Å². The molecule has 2 N–H and O–H groups in total. The second-order valence-electron chi connectivity index (χ2n) is 4.96. The van der Waals surface area contributed by atoms with Crippen molar-refractivity contribution < 1.29 is 9.13 Å². The van der Waals surface area contributed by atoms with Crippen LogP contribution >= 0.6 is 11.6 Å². The molecular weight excluding hydrogens is 277 g/mol. The van der Waals surface area contributed by atoms with Crippen LogP contribution in [-0.2, 0) is 0 Å². The SMILES string of the molecule is Cc1ccc(Cl)c(Oc2cc(C)c(F)cc2[C@@H](C)N)c1. The predicted molar refractivity (Wildman–Crippen MR) is 80.0 cm³/mol. The highest BCUT2D eigenvalue weighted by molar-refractivity contribution is 6.32. The van der Waals surface area contributed by atoms with Crippen molar-refractivity contribution in [3.63, 3.8) is 0 Å². The first kappa shape index (κ1) is 14.8. The van der Waals surface area contributed by atoms with Crippen molar-refractivity contribution in [3.05, 3.63) is 57.9 Å². The zero-order chi connectivity index (χ0) is 14.9.